The molecule has 0 amide bonds. The van der Waals surface area contributed by atoms with Crippen LogP contribution >= 0.6 is 11.3 Å². The van der Waals surface area contributed by atoms with E-state index in [-0.39, 0.29) is 0 Å². The number of fused-ring (bicyclic) bond motifs is 2. The van der Waals surface area contributed by atoms with Crippen molar-refractivity contribution in [1.82, 2.24) is 15.2 Å². The lowest BCUT2D eigenvalue weighted by Gasteiger charge is -2.17. The average Bonchev–Trinajstić information content (AvgIpc) is 3.50. The summed E-state index contributed by atoms with van der Waals surface area (Å²) in [5.41, 5.74) is 10.4. The molecule has 162 valence electrons. The van der Waals surface area contributed by atoms with Crippen molar-refractivity contribution >= 4 is 55.6 Å². The zero-order chi connectivity index (χ0) is 22.8. The van der Waals surface area contributed by atoms with E-state index < -0.39 is 5.97 Å². The zero-order valence-corrected chi connectivity index (χ0v) is 18.8. The molecule has 2 heterocycles. The van der Waals surface area contributed by atoms with Gasteiger partial charge in [0.25, 0.3) is 0 Å². The molecule has 6 heteroatoms. The second-order valence-electron chi connectivity index (χ2n) is 7.71. The molecule has 2 aromatic heterocycles. The summed E-state index contributed by atoms with van der Waals surface area (Å²) in [7, 11) is 0. The Labute approximate surface area is 194 Å². The molecule has 3 aromatic carbocycles. The van der Waals surface area contributed by atoms with Gasteiger partial charge in [-0.2, -0.15) is 5.10 Å². The normalized spacial score (nSPS) is 12.5. The van der Waals surface area contributed by atoms with Gasteiger partial charge in [0.15, 0.2) is 0 Å². The van der Waals surface area contributed by atoms with E-state index in [1.165, 1.54) is 10.3 Å². The molecule has 0 bridgehead atoms. The highest BCUT2D eigenvalue weighted by molar-refractivity contribution is 7.16. The summed E-state index contributed by atoms with van der Waals surface area (Å²) in [5.74, 6) is -0.959. The van der Waals surface area contributed by atoms with Crippen molar-refractivity contribution in [2.24, 2.45) is 0 Å². The minimum absolute atomic E-state index is 0.840. The lowest BCUT2D eigenvalue weighted by Crippen LogP contribution is -1.95. The van der Waals surface area contributed by atoms with Crippen LogP contribution in [-0.4, -0.2) is 26.3 Å². The van der Waals surface area contributed by atoms with Crippen LogP contribution in [0.2, 0.25) is 0 Å². The highest BCUT2D eigenvalue weighted by Gasteiger charge is 2.15. The molecule has 0 aliphatic carbocycles. The molecule has 0 aliphatic rings. The van der Waals surface area contributed by atoms with Crippen LogP contribution < -0.4 is 0 Å². The van der Waals surface area contributed by atoms with Crippen LogP contribution in [-0.2, 0) is 4.79 Å². The number of carboxylic acids is 1. The molecule has 0 spiro atoms. The van der Waals surface area contributed by atoms with E-state index in [2.05, 4.69) is 58.5 Å². The Morgan fingerprint density at radius 1 is 1.03 bits per heavy atom. The van der Waals surface area contributed by atoms with Crippen molar-refractivity contribution in [3.8, 4) is 0 Å². The molecular weight excluding hydrogens is 430 g/mol. The van der Waals surface area contributed by atoms with Crippen molar-refractivity contribution in [2.45, 2.75) is 13.3 Å². The van der Waals surface area contributed by atoms with Crippen LogP contribution in [0.3, 0.4) is 0 Å². The topological polar surface area (TPSA) is 78.9 Å². The lowest BCUT2D eigenvalue weighted by molar-refractivity contribution is -0.131. The third-order valence-corrected chi connectivity index (χ3v) is 6.49. The number of aliphatic carboxylic acids is 1. The predicted molar refractivity (Wildman–Crippen MR) is 135 cm³/mol. The summed E-state index contributed by atoms with van der Waals surface area (Å²) in [6.07, 6.45) is 5.43. The summed E-state index contributed by atoms with van der Waals surface area (Å²) >= 11 is 1.64. The first kappa shape index (κ1) is 20.8. The molecular formula is C27H21N3O2S. The third-order valence-electron chi connectivity index (χ3n) is 5.68. The van der Waals surface area contributed by atoms with Crippen molar-refractivity contribution in [1.29, 1.82) is 0 Å². The van der Waals surface area contributed by atoms with Crippen LogP contribution in [0.5, 0.6) is 0 Å². The molecule has 0 aliphatic heterocycles. The molecule has 5 aromatic rings. The standard InChI is InChI=1S/C27H21N3O2S/c1-2-22(19-9-11-25-24(14-19)28-16-33-25)27(20-8-10-23-21(13-20)15-29-30-23)18-6-3-17(4-7-18)5-12-26(31)32/h3-16H,2H2,1H3,(H,29,30)(H,31,32). The van der Waals surface area contributed by atoms with E-state index in [1.54, 1.807) is 17.4 Å². The highest BCUT2D eigenvalue weighted by Crippen LogP contribution is 2.36. The molecule has 0 saturated heterocycles. The van der Waals surface area contributed by atoms with Gasteiger partial charge in [-0.25, -0.2) is 9.78 Å². The van der Waals surface area contributed by atoms with Crippen LogP contribution in [0.4, 0.5) is 0 Å². The van der Waals surface area contributed by atoms with Crippen molar-refractivity contribution in [2.75, 3.05) is 0 Å². The average molecular weight is 452 g/mol. The van der Waals surface area contributed by atoms with Gasteiger partial charge in [-0.05, 0) is 70.2 Å². The van der Waals surface area contributed by atoms with Gasteiger partial charge in [-0.15, -0.1) is 11.3 Å². The summed E-state index contributed by atoms with van der Waals surface area (Å²) in [6, 6.07) is 20.8. The summed E-state index contributed by atoms with van der Waals surface area (Å²) < 4.78 is 1.17. The fraction of sp³-hybridized carbons (Fsp3) is 0.0741. The molecule has 5 nitrogen and oxygen atoms in total. The van der Waals surface area contributed by atoms with E-state index in [1.807, 2.05) is 36.0 Å². The number of carboxylic acid groups (broad SMARTS) is 1. The van der Waals surface area contributed by atoms with Crippen molar-refractivity contribution < 1.29 is 9.90 Å². The maximum Gasteiger partial charge on any atom is 0.328 e. The molecule has 2 N–H and O–H groups in total. The quantitative estimate of drug-likeness (QED) is 0.224. The Morgan fingerprint density at radius 3 is 2.61 bits per heavy atom. The van der Waals surface area contributed by atoms with Gasteiger partial charge in [0, 0.05) is 11.5 Å². The number of nitrogens with zero attached hydrogens (tertiary/aromatic N) is 2. The Balaban J connectivity index is 1.71. The highest BCUT2D eigenvalue weighted by atomic mass is 32.1. The number of thiazole rings is 1. The Morgan fingerprint density at radius 2 is 1.82 bits per heavy atom. The maximum absolute atomic E-state index is 10.9. The number of H-pyrrole nitrogens is 1. The number of benzene rings is 3. The minimum atomic E-state index is -0.959. The Bertz CT molecular complexity index is 1520. The Hall–Kier alpha value is -4.03. The summed E-state index contributed by atoms with van der Waals surface area (Å²) in [6.45, 7) is 2.17. The smallest absolute Gasteiger partial charge is 0.328 e. The molecule has 0 unspecified atom stereocenters. The first-order valence-corrected chi connectivity index (χ1v) is 11.5. The zero-order valence-electron chi connectivity index (χ0n) is 17.9. The van der Waals surface area contributed by atoms with Gasteiger partial charge in [0.2, 0.25) is 0 Å². The second-order valence-corrected chi connectivity index (χ2v) is 8.59. The number of hydrogen-bond acceptors (Lipinski definition) is 4. The van der Waals surface area contributed by atoms with Gasteiger partial charge >= 0.3 is 5.97 Å². The minimum Gasteiger partial charge on any atom is -0.478 e. The molecule has 0 radical (unpaired) electrons. The number of allylic oxidation sites excluding steroid dienone is 1. The Kier molecular flexibility index (Phi) is 5.59. The van der Waals surface area contributed by atoms with E-state index in [0.717, 1.165) is 56.7 Å². The van der Waals surface area contributed by atoms with Gasteiger partial charge in [-0.1, -0.05) is 43.3 Å². The molecule has 0 fully saturated rings. The predicted octanol–water partition coefficient (Wildman–Crippen LogP) is 6.64. The molecule has 0 saturated carbocycles. The van der Waals surface area contributed by atoms with Crippen molar-refractivity contribution in [3.05, 3.63) is 101 Å². The fourth-order valence-corrected chi connectivity index (χ4v) is 4.77. The lowest BCUT2D eigenvalue weighted by atomic mass is 9.87. The second kappa shape index (κ2) is 8.84. The first-order chi connectivity index (χ1) is 16.1. The van der Waals surface area contributed by atoms with E-state index in [4.69, 9.17) is 5.11 Å². The van der Waals surface area contributed by atoms with Crippen molar-refractivity contribution in [3.63, 3.8) is 0 Å². The summed E-state index contributed by atoms with van der Waals surface area (Å²) in [5, 5.41) is 17.2. The summed E-state index contributed by atoms with van der Waals surface area (Å²) in [4.78, 5) is 15.4. The van der Waals surface area contributed by atoms with Gasteiger partial charge < -0.3 is 5.11 Å². The fourth-order valence-electron chi connectivity index (χ4n) is 4.11. The van der Waals surface area contributed by atoms with Crippen LogP contribution in [0.15, 0.2) is 78.4 Å². The van der Waals surface area contributed by atoms with Crippen LogP contribution in [0, 0.1) is 0 Å². The first-order valence-electron chi connectivity index (χ1n) is 10.6. The molecule has 5 rings (SSSR count). The van der Waals surface area contributed by atoms with Gasteiger partial charge in [-0.3, -0.25) is 5.10 Å². The van der Waals surface area contributed by atoms with Gasteiger partial charge in [0.1, 0.15) is 0 Å². The van der Waals surface area contributed by atoms with E-state index >= 15 is 0 Å². The largest absolute Gasteiger partial charge is 0.478 e. The number of carbonyl (C=O) groups is 1. The third kappa shape index (κ3) is 4.21. The van der Waals surface area contributed by atoms with Crippen LogP contribution in [0.1, 0.15) is 35.6 Å². The number of nitrogens with one attached hydrogen (secondary N) is 1. The maximum atomic E-state index is 10.9. The molecule has 0 atom stereocenters. The van der Waals surface area contributed by atoms with Gasteiger partial charge in [0.05, 0.1) is 27.4 Å². The SMILES string of the molecule is CCC(=C(c1ccc(C=CC(=O)O)cc1)c1ccc2[nH]ncc2c1)c1ccc2scnc2c1. The monoisotopic (exact) mass is 451 g/mol. The van der Waals surface area contributed by atoms with Crippen LogP contribution in [0.25, 0.3) is 38.3 Å². The number of hydrogen-bond donors (Lipinski definition) is 2. The van der Waals surface area contributed by atoms with E-state index in [0.29, 0.717) is 0 Å². The molecule has 33 heavy (non-hydrogen) atoms. The number of rotatable bonds is 6. The van der Waals surface area contributed by atoms with E-state index in [9.17, 15) is 4.79 Å². The number of aromatic nitrogens is 3. The number of aromatic amines is 1.